The molecule has 0 spiro atoms. The second-order valence-corrected chi connectivity index (χ2v) is 2.37. The van der Waals surface area contributed by atoms with E-state index in [1.165, 1.54) is 20.0 Å². The van der Waals surface area contributed by atoms with E-state index in [-0.39, 0.29) is 6.54 Å². The molecule has 0 unspecified atom stereocenters. The number of nitrogens with two attached hydrogens (primary N) is 2. The molecule has 0 aliphatic carbocycles. The third-order valence-electron chi connectivity index (χ3n) is 1.18. The van der Waals surface area contributed by atoms with Crippen LogP contribution in [0.1, 0.15) is 13.8 Å². The Morgan fingerprint density at radius 1 is 1.67 bits per heavy atom. The fourth-order valence-corrected chi connectivity index (χ4v) is 0.509. The van der Waals surface area contributed by atoms with E-state index in [9.17, 15) is 4.39 Å². The Kier molecular flexibility index (Phi) is 2.65. The van der Waals surface area contributed by atoms with Gasteiger partial charge in [0.25, 0.3) is 0 Å². The van der Waals surface area contributed by atoms with Gasteiger partial charge in [0.15, 0.2) is 0 Å². The highest BCUT2D eigenvalue weighted by atomic mass is 19.1. The summed E-state index contributed by atoms with van der Waals surface area (Å²) in [5, 5.41) is 0. The number of alkyl halides is 1. The van der Waals surface area contributed by atoms with Gasteiger partial charge in [-0.05, 0) is 25.6 Å². The summed E-state index contributed by atoms with van der Waals surface area (Å²) in [5.41, 5.74) is 9.33. The molecule has 0 saturated heterocycles. The molecule has 0 saturated carbocycles. The van der Waals surface area contributed by atoms with Gasteiger partial charge in [0.1, 0.15) is 5.67 Å². The lowest BCUT2D eigenvalue weighted by atomic mass is 10.0. The molecule has 0 heterocycles. The maximum atomic E-state index is 12.8. The minimum absolute atomic E-state index is 0.181. The van der Waals surface area contributed by atoms with Gasteiger partial charge in [0, 0.05) is 6.54 Å². The molecule has 9 heavy (non-hydrogen) atoms. The van der Waals surface area contributed by atoms with Crippen LogP contribution in [0.15, 0.2) is 11.8 Å². The van der Waals surface area contributed by atoms with Crippen molar-refractivity contribution in [2.24, 2.45) is 11.5 Å². The van der Waals surface area contributed by atoms with Gasteiger partial charge in [-0.25, -0.2) is 4.39 Å². The van der Waals surface area contributed by atoms with Crippen molar-refractivity contribution >= 4 is 0 Å². The summed E-state index contributed by atoms with van der Waals surface area (Å²) in [4.78, 5) is 0. The molecule has 4 N–H and O–H groups in total. The molecule has 0 atom stereocenters. The number of rotatable bonds is 2. The Bertz CT molecular complexity index is 113. The summed E-state index contributed by atoms with van der Waals surface area (Å²) in [7, 11) is 0. The fourth-order valence-electron chi connectivity index (χ4n) is 0.509. The van der Waals surface area contributed by atoms with Gasteiger partial charge < -0.3 is 11.5 Å². The van der Waals surface area contributed by atoms with E-state index in [1.54, 1.807) is 0 Å². The molecule has 0 aliphatic heterocycles. The Balaban J connectivity index is 4.14. The van der Waals surface area contributed by atoms with Crippen LogP contribution >= 0.6 is 0 Å². The summed E-state index contributed by atoms with van der Waals surface area (Å²) in [6.07, 6.45) is 1.22. The molecule has 0 amide bonds. The quantitative estimate of drug-likeness (QED) is 0.576. The van der Waals surface area contributed by atoms with E-state index in [4.69, 9.17) is 11.5 Å². The third kappa shape index (κ3) is 2.46. The van der Waals surface area contributed by atoms with Crippen LogP contribution in [-0.4, -0.2) is 12.2 Å². The summed E-state index contributed by atoms with van der Waals surface area (Å²) in [6.45, 7) is 3.04. The normalized spacial score (nSPS) is 14.0. The zero-order chi connectivity index (χ0) is 7.49. The van der Waals surface area contributed by atoms with Crippen molar-refractivity contribution in [1.82, 2.24) is 0 Å². The van der Waals surface area contributed by atoms with Crippen LogP contribution < -0.4 is 11.5 Å². The molecule has 0 aromatic rings. The smallest absolute Gasteiger partial charge is 0.129 e. The lowest BCUT2D eigenvalue weighted by Crippen LogP contribution is -2.23. The topological polar surface area (TPSA) is 52.0 Å². The van der Waals surface area contributed by atoms with E-state index in [1.807, 2.05) is 0 Å². The van der Waals surface area contributed by atoms with Crippen molar-refractivity contribution < 1.29 is 4.39 Å². The largest absolute Gasteiger partial charge is 0.405 e. The molecule has 0 aromatic heterocycles. The average molecular weight is 132 g/mol. The Labute approximate surface area is 54.7 Å². The van der Waals surface area contributed by atoms with Crippen LogP contribution in [-0.2, 0) is 0 Å². The van der Waals surface area contributed by atoms with Gasteiger partial charge in [-0.1, -0.05) is 0 Å². The number of hydrogen-bond donors (Lipinski definition) is 2. The number of halogens is 1. The Hall–Kier alpha value is -0.570. The second kappa shape index (κ2) is 2.82. The van der Waals surface area contributed by atoms with Crippen LogP contribution in [0, 0.1) is 0 Å². The zero-order valence-corrected chi connectivity index (χ0v) is 5.82. The van der Waals surface area contributed by atoms with E-state index >= 15 is 0 Å². The first-order chi connectivity index (χ1) is 4.02. The van der Waals surface area contributed by atoms with Crippen LogP contribution in [0.5, 0.6) is 0 Å². The Morgan fingerprint density at radius 3 is 2.11 bits per heavy atom. The average Bonchev–Trinajstić information content (AvgIpc) is 1.65. The molecule has 0 aromatic carbocycles. The van der Waals surface area contributed by atoms with E-state index in [0.717, 1.165) is 0 Å². The van der Waals surface area contributed by atoms with Crippen molar-refractivity contribution in [1.29, 1.82) is 0 Å². The molecular formula is C6H13FN2. The highest BCUT2D eigenvalue weighted by molar-refractivity contribution is 5.13. The van der Waals surface area contributed by atoms with Crippen molar-refractivity contribution in [3.05, 3.63) is 11.8 Å². The first-order valence-corrected chi connectivity index (χ1v) is 2.82. The minimum Gasteiger partial charge on any atom is -0.405 e. The summed E-state index contributed by atoms with van der Waals surface area (Å²) >= 11 is 0. The van der Waals surface area contributed by atoms with Crippen LogP contribution in [0.25, 0.3) is 0 Å². The van der Waals surface area contributed by atoms with Gasteiger partial charge in [0.2, 0.25) is 0 Å². The first kappa shape index (κ1) is 8.43. The van der Waals surface area contributed by atoms with Gasteiger partial charge in [-0.2, -0.15) is 0 Å². The van der Waals surface area contributed by atoms with E-state index < -0.39 is 5.67 Å². The highest BCUT2D eigenvalue weighted by Gasteiger charge is 2.19. The van der Waals surface area contributed by atoms with Gasteiger partial charge >= 0.3 is 0 Å². The highest BCUT2D eigenvalue weighted by Crippen LogP contribution is 2.17. The lowest BCUT2D eigenvalue weighted by molar-refractivity contribution is 0.265. The monoisotopic (exact) mass is 132 g/mol. The predicted octanol–water partition coefficient (Wildman–Crippen LogP) is 0.536. The van der Waals surface area contributed by atoms with Crippen molar-refractivity contribution in [2.75, 3.05) is 6.54 Å². The SMILES string of the molecule is CC(C)(F)/C(=C/N)CN. The summed E-state index contributed by atoms with van der Waals surface area (Å²) in [5.74, 6) is 0. The van der Waals surface area contributed by atoms with Gasteiger partial charge in [0.05, 0.1) is 0 Å². The molecule has 0 bridgehead atoms. The Morgan fingerprint density at radius 2 is 2.11 bits per heavy atom. The van der Waals surface area contributed by atoms with Crippen molar-refractivity contribution in [3.8, 4) is 0 Å². The molecule has 0 radical (unpaired) electrons. The zero-order valence-electron chi connectivity index (χ0n) is 5.82. The lowest BCUT2D eigenvalue weighted by Gasteiger charge is -2.15. The molecule has 0 fully saturated rings. The van der Waals surface area contributed by atoms with Gasteiger partial charge in [-0.15, -0.1) is 0 Å². The van der Waals surface area contributed by atoms with Crippen molar-refractivity contribution in [3.63, 3.8) is 0 Å². The maximum absolute atomic E-state index is 12.8. The predicted molar refractivity (Wildman–Crippen MR) is 36.5 cm³/mol. The number of hydrogen-bond acceptors (Lipinski definition) is 2. The first-order valence-electron chi connectivity index (χ1n) is 2.82. The van der Waals surface area contributed by atoms with Gasteiger partial charge in [-0.3, -0.25) is 0 Å². The van der Waals surface area contributed by atoms with Crippen molar-refractivity contribution in [2.45, 2.75) is 19.5 Å². The van der Waals surface area contributed by atoms with Crippen LogP contribution in [0.3, 0.4) is 0 Å². The molecule has 0 rings (SSSR count). The molecule has 0 aliphatic rings. The van der Waals surface area contributed by atoms with Crippen LogP contribution in [0.4, 0.5) is 4.39 Å². The van der Waals surface area contributed by atoms with E-state index in [0.29, 0.717) is 5.57 Å². The summed E-state index contributed by atoms with van der Waals surface area (Å²) in [6, 6.07) is 0. The van der Waals surface area contributed by atoms with E-state index in [2.05, 4.69) is 0 Å². The second-order valence-electron chi connectivity index (χ2n) is 2.37. The van der Waals surface area contributed by atoms with Crippen LogP contribution in [0.2, 0.25) is 0 Å². The minimum atomic E-state index is -1.37. The summed E-state index contributed by atoms with van der Waals surface area (Å²) < 4.78 is 12.8. The molecule has 54 valence electrons. The molecule has 2 nitrogen and oxygen atoms in total. The third-order valence-corrected chi connectivity index (χ3v) is 1.18. The molecular weight excluding hydrogens is 119 g/mol. The molecule has 3 heteroatoms. The fraction of sp³-hybridized carbons (Fsp3) is 0.667. The standard InChI is InChI=1S/C6H13FN2/c1-6(2,7)5(3-8)4-9/h3H,4,8-9H2,1-2H3/b5-3+. The maximum Gasteiger partial charge on any atom is 0.129 e.